The lowest BCUT2D eigenvalue weighted by Gasteiger charge is -2.10. The van der Waals surface area contributed by atoms with Gasteiger partial charge in [-0.25, -0.2) is 0 Å². The minimum atomic E-state index is 0.714. The molecule has 2 heterocycles. The number of hydrogen-bond acceptors (Lipinski definition) is 4. The number of para-hydroxylation sites is 1. The molecule has 0 atom stereocenters. The maximum atomic E-state index is 3.93. The fourth-order valence-electron chi connectivity index (χ4n) is 1.94. The van der Waals surface area contributed by atoms with Gasteiger partial charge in [-0.1, -0.05) is 29.5 Å². The number of anilines is 1. The van der Waals surface area contributed by atoms with Gasteiger partial charge in [0.2, 0.25) is 0 Å². The van der Waals surface area contributed by atoms with Gasteiger partial charge in [-0.05, 0) is 17.5 Å². The van der Waals surface area contributed by atoms with Gasteiger partial charge in [0.25, 0.3) is 0 Å². The Morgan fingerprint density at radius 1 is 1.21 bits per heavy atom. The Morgan fingerprint density at radius 3 is 2.84 bits per heavy atom. The van der Waals surface area contributed by atoms with E-state index in [-0.39, 0.29) is 0 Å². The Labute approximate surface area is 115 Å². The highest BCUT2D eigenvalue weighted by Gasteiger charge is 2.06. The third kappa shape index (κ3) is 2.51. The first-order chi connectivity index (χ1) is 9.34. The van der Waals surface area contributed by atoms with Gasteiger partial charge in [0.05, 0.1) is 18.4 Å². The van der Waals surface area contributed by atoms with Crippen LogP contribution in [0.25, 0.3) is 10.4 Å². The monoisotopic (exact) mass is 270 g/mol. The second kappa shape index (κ2) is 5.24. The molecule has 0 aliphatic heterocycles. The van der Waals surface area contributed by atoms with Crippen molar-refractivity contribution in [2.24, 2.45) is 7.05 Å². The van der Waals surface area contributed by atoms with Crippen molar-refractivity contribution in [2.45, 2.75) is 6.54 Å². The van der Waals surface area contributed by atoms with Gasteiger partial charge < -0.3 is 5.32 Å². The number of aromatic nitrogens is 3. The molecule has 96 valence electrons. The first-order valence-electron chi connectivity index (χ1n) is 6.05. The molecule has 0 spiro atoms. The Morgan fingerprint density at radius 2 is 2.11 bits per heavy atom. The van der Waals surface area contributed by atoms with Gasteiger partial charge in [0.1, 0.15) is 0 Å². The molecule has 0 aliphatic carbocycles. The van der Waals surface area contributed by atoms with Gasteiger partial charge in [-0.3, -0.25) is 4.68 Å². The van der Waals surface area contributed by atoms with E-state index >= 15 is 0 Å². The van der Waals surface area contributed by atoms with Gasteiger partial charge in [0, 0.05) is 23.2 Å². The number of benzene rings is 1. The molecule has 0 amide bonds. The van der Waals surface area contributed by atoms with Crippen molar-refractivity contribution in [2.75, 3.05) is 5.32 Å². The van der Waals surface area contributed by atoms with Crippen molar-refractivity contribution in [1.82, 2.24) is 15.0 Å². The summed E-state index contributed by atoms with van der Waals surface area (Å²) in [6, 6.07) is 12.5. The average molecular weight is 270 g/mol. The molecule has 0 saturated heterocycles. The number of rotatable bonds is 4. The number of hydrogen-bond donors (Lipinski definition) is 1. The summed E-state index contributed by atoms with van der Waals surface area (Å²) in [4.78, 5) is 1.27. The number of thiophene rings is 1. The van der Waals surface area contributed by atoms with Crippen molar-refractivity contribution in [3.63, 3.8) is 0 Å². The van der Waals surface area contributed by atoms with E-state index in [0.717, 1.165) is 11.4 Å². The molecule has 1 N–H and O–H groups in total. The molecule has 4 nitrogen and oxygen atoms in total. The Hall–Kier alpha value is -2.14. The van der Waals surface area contributed by atoms with E-state index in [1.165, 1.54) is 10.4 Å². The zero-order valence-electron chi connectivity index (χ0n) is 10.6. The molecule has 2 aromatic heterocycles. The minimum Gasteiger partial charge on any atom is -0.379 e. The Kier molecular flexibility index (Phi) is 3.29. The van der Waals surface area contributed by atoms with Crippen LogP contribution >= 0.6 is 11.3 Å². The lowest BCUT2D eigenvalue weighted by molar-refractivity contribution is 0.683. The second-order valence-electron chi connectivity index (χ2n) is 4.23. The molecule has 1 aromatic carbocycles. The minimum absolute atomic E-state index is 0.714. The topological polar surface area (TPSA) is 42.7 Å². The van der Waals surface area contributed by atoms with Gasteiger partial charge >= 0.3 is 0 Å². The summed E-state index contributed by atoms with van der Waals surface area (Å²) in [6.07, 6.45) is 1.78. The molecule has 0 aliphatic rings. The second-order valence-corrected chi connectivity index (χ2v) is 5.17. The molecule has 0 saturated carbocycles. The highest BCUT2D eigenvalue weighted by Crippen LogP contribution is 2.31. The highest BCUT2D eigenvalue weighted by molar-refractivity contribution is 7.13. The molecular formula is C14H14N4S. The summed E-state index contributed by atoms with van der Waals surface area (Å²) in [5.41, 5.74) is 3.42. The van der Waals surface area contributed by atoms with E-state index in [0.29, 0.717) is 6.54 Å². The Balaban J connectivity index is 1.84. The van der Waals surface area contributed by atoms with Gasteiger partial charge in [-0.15, -0.1) is 16.4 Å². The van der Waals surface area contributed by atoms with E-state index in [1.807, 2.05) is 13.1 Å². The van der Waals surface area contributed by atoms with Crippen LogP contribution in [0.1, 0.15) is 5.69 Å². The highest BCUT2D eigenvalue weighted by atomic mass is 32.1. The molecule has 0 unspecified atom stereocenters. The van der Waals surface area contributed by atoms with Gasteiger partial charge in [0.15, 0.2) is 0 Å². The van der Waals surface area contributed by atoms with Crippen LogP contribution < -0.4 is 5.32 Å². The number of nitrogens with one attached hydrogen (secondary N) is 1. The average Bonchev–Trinajstić information content (AvgIpc) is 3.08. The van der Waals surface area contributed by atoms with Crippen LogP contribution in [0.4, 0.5) is 5.69 Å². The van der Waals surface area contributed by atoms with Crippen molar-refractivity contribution in [3.8, 4) is 10.4 Å². The zero-order valence-corrected chi connectivity index (χ0v) is 11.4. The van der Waals surface area contributed by atoms with Crippen molar-refractivity contribution in [3.05, 3.63) is 53.7 Å². The third-order valence-corrected chi connectivity index (χ3v) is 3.89. The van der Waals surface area contributed by atoms with Crippen molar-refractivity contribution < 1.29 is 0 Å². The first-order valence-corrected chi connectivity index (χ1v) is 6.93. The maximum Gasteiger partial charge on any atom is 0.0774 e. The van der Waals surface area contributed by atoms with Crippen LogP contribution in [-0.4, -0.2) is 15.0 Å². The fourth-order valence-corrected chi connectivity index (χ4v) is 2.71. The third-order valence-electron chi connectivity index (χ3n) is 2.98. The van der Waals surface area contributed by atoms with Crippen LogP contribution in [0.15, 0.2) is 48.0 Å². The maximum absolute atomic E-state index is 3.93. The summed E-state index contributed by atoms with van der Waals surface area (Å²) in [5.74, 6) is 0. The summed E-state index contributed by atoms with van der Waals surface area (Å²) in [7, 11) is 1.90. The van der Waals surface area contributed by atoms with Crippen LogP contribution in [0.2, 0.25) is 0 Å². The summed E-state index contributed by atoms with van der Waals surface area (Å²) < 4.78 is 1.78. The van der Waals surface area contributed by atoms with Gasteiger partial charge in [-0.2, -0.15) is 0 Å². The fraction of sp³-hybridized carbons (Fsp3) is 0.143. The molecule has 0 radical (unpaired) electrons. The summed E-state index contributed by atoms with van der Waals surface area (Å²) in [5, 5.41) is 13.4. The largest absolute Gasteiger partial charge is 0.379 e. The predicted octanol–water partition coefficient (Wildman–Crippen LogP) is 3.16. The molecular weight excluding hydrogens is 256 g/mol. The van der Waals surface area contributed by atoms with E-state index in [2.05, 4.69) is 51.3 Å². The van der Waals surface area contributed by atoms with Crippen LogP contribution in [0.3, 0.4) is 0 Å². The molecule has 0 bridgehead atoms. The quantitative estimate of drug-likeness (QED) is 0.792. The normalized spacial score (nSPS) is 10.6. The van der Waals surface area contributed by atoms with E-state index < -0.39 is 0 Å². The standard InChI is InChI=1S/C14H14N4S/c1-18-11(10-16-17-18)9-15-13-6-3-2-5-12(13)14-7-4-8-19-14/h2-8,10,15H,9H2,1H3. The molecule has 3 rings (SSSR count). The van der Waals surface area contributed by atoms with Crippen LogP contribution in [0.5, 0.6) is 0 Å². The van der Waals surface area contributed by atoms with E-state index in [1.54, 1.807) is 22.2 Å². The summed E-state index contributed by atoms with van der Waals surface area (Å²) >= 11 is 1.75. The Bertz CT molecular complexity index is 658. The lowest BCUT2D eigenvalue weighted by Crippen LogP contribution is -2.06. The van der Waals surface area contributed by atoms with Crippen molar-refractivity contribution in [1.29, 1.82) is 0 Å². The zero-order chi connectivity index (χ0) is 13.1. The summed E-state index contributed by atoms with van der Waals surface area (Å²) in [6.45, 7) is 0.714. The van der Waals surface area contributed by atoms with E-state index in [4.69, 9.17) is 0 Å². The van der Waals surface area contributed by atoms with E-state index in [9.17, 15) is 0 Å². The molecule has 5 heteroatoms. The molecule has 19 heavy (non-hydrogen) atoms. The molecule has 3 aromatic rings. The molecule has 0 fully saturated rings. The SMILES string of the molecule is Cn1nncc1CNc1ccccc1-c1cccs1. The van der Waals surface area contributed by atoms with Crippen LogP contribution in [0, 0.1) is 0 Å². The smallest absolute Gasteiger partial charge is 0.0774 e. The lowest BCUT2D eigenvalue weighted by atomic mass is 10.1. The number of nitrogens with zero attached hydrogens (tertiary/aromatic N) is 3. The first kappa shape index (κ1) is 11.9. The predicted molar refractivity (Wildman–Crippen MR) is 78.1 cm³/mol. The number of aryl methyl sites for hydroxylation is 1. The van der Waals surface area contributed by atoms with Crippen molar-refractivity contribution >= 4 is 17.0 Å². The van der Waals surface area contributed by atoms with Crippen LogP contribution in [-0.2, 0) is 13.6 Å².